The van der Waals surface area contributed by atoms with Gasteiger partial charge in [-0.1, -0.05) is 42.5 Å². The standard InChI is InChI=1S/C27H26N2O5/c1-2-33-26(30)14-21-7-3-4-9-25(21)34-17-22-16-29(27(31)32)24-11-10-20(13-23(22)24)19-8-5-6-18(12-19)15-28/h3-13,16H,2,14-15,17,28H2,1H3,(H,31,32). The molecule has 0 fully saturated rings. The van der Waals surface area contributed by atoms with Crippen molar-refractivity contribution >= 4 is 23.0 Å². The van der Waals surface area contributed by atoms with E-state index in [9.17, 15) is 14.7 Å². The number of fused-ring (bicyclic) bond motifs is 1. The maximum absolute atomic E-state index is 12.0. The molecule has 34 heavy (non-hydrogen) atoms. The van der Waals surface area contributed by atoms with Gasteiger partial charge in [0.2, 0.25) is 0 Å². The molecule has 174 valence electrons. The minimum Gasteiger partial charge on any atom is -0.489 e. The van der Waals surface area contributed by atoms with Crippen LogP contribution in [0.3, 0.4) is 0 Å². The monoisotopic (exact) mass is 458 g/mol. The number of esters is 1. The fourth-order valence-electron chi connectivity index (χ4n) is 3.94. The second-order valence-electron chi connectivity index (χ2n) is 7.82. The molecule has 7 heteroatoms. The summed E-state index contributed by atoms with van der Waals surface area (Å²) in [5, 5.41) is 10.5. The fraction of sp³-hybridized carbons (Fsp3) is 0.185. The Labute approximate surface area is 197 Å². The highest BCUT2D eigenvalue weighted by Crippen LogP contribution is 2.30. The van der Waals surface area contributed by atoms with Gasteiger partial charge in [0, 0.05) is 29.3 Å². The molecule has 4 aromatic rings. The number of carbonyl (C=O) groups excluding carboxylic acids is 1. The molecule has 0 bridgehead atoms. The average Bonchev–Trinajstić information content (AvgIpc) is 3.22. The lowest BCUT2D eigenvalue weighted by Gasteiger charge is -2.11. The Bertz CT molecular complexity index is 1340. The molecule has 0 aliphatic carbocycles. The molecule has 4 rings (SSSR count). The van der Waals surface area contributed by atoms with E-state index in [0.717, 1.165) is 27.6 Å². The van der Waals surface area contributed by atoms with Gasteiger partial charge in [-0.25, -0.2) is 4.79 Å². The third kappa shape index (κ3) is 4.94. The van der Waals surface area contributed by atoms with Crippen molar-refractivity contribution < 1.29 is 24.2 Å². The smallest absolute Gasteiger partial charge is 0.416 e. The summed E-state index contributed by atoms with van der Waals surface area (Å²) in [6, 6.07) is 20.9. The van der Waals surface area contributed by atoms with Gasteiger partial charge in [-0.2, -0.15) is 0 Å². The van der Waals surface area contributed by atoms with Crippen LogP contribution < -0.4 is 10.5 Å². The first-order valence-corrected chi connectivity index (χ1v) is 11.0. The van der Waals surface area contributed by atoms with Crippen molar-refractivity contribution in [3.8, 4) is 16.9 Å². The molecule has 0 spiro atoms. The molecule has 0 atom stereocenters. The summed E-state index contributed by atoms with van der Waals surface area (Å²) < 4.78 is 12.3. The van der Waals surface area contributed by atoms with Gasteiger partial charge in [0.25, 0.3) is 0 Å². The normalized spacial score (nSPS) is 10.9. The van der Waals surface area contributed by atoms with E-state index in [1.807, 2.05) is 54.6 Å². The Kier molecular flexibility index (Phi) is 6.94. The maximum Gasteiger partial charge on any atom is 0.416 e. The number of rotatable bonds is 8. The number of ether oxygens (including phenoxy) is 2. The fourth-order valence-corrected chi connectivity index (χ4v) is 3.94. The molecule has 3 N–H and O–H groups in total. The van der Waals surface area contributed by atoms with Gasteiger partial charge in [-0.3, -0.25) is 9.36 Å². The Morgan fingerprint density at radius 2 is 1.76 bits per heavy atom. The molecule has 0 radical (unpaired) electrons. The summed E-state index contributed by atoms with van der Waals surface area (Å²) in [5.41, 5.74) is 10.8. The number of nitrogens with zero attached hydrogens (tertiary/aromatic N) is 1. The lowest BCUT2D eigenvalue weighted by Crippen LogP contribution is -2.09. The van der Waals surface area contributed by atoms with E-state index in [1.54, 1.807) is 25.3 Å². The van der Waals surface area contributed by atoms with Gasteiger partial charge < -0.3 is 20.3 Å². The molecule has 0 saturated heterocycles. The highest BCUT2D eigenvalue weighted by molar-refractivity contribution is 5.94. The Morgan fingerprint density at radius 1 is 0.971 bits per heavy atom. The number of nitrogens with two attached hydrogens (primary N) is 1. The number of carboxylic acid groups (broad SMARTS) is 1. The number of aromatic nitrogens is 1. The molecule has 7 nitrogen and oxygen atoms in total. The SMILES string of the molecule is CCOC(=O)Cc1ccccc1OCc1cn(C(=O)O)c2ccc(-c3cccc(CN)c3)cc12. The van der Waals surface area contributed by atoms with Gasteiger partial charge in [0.15, 0.2) is 0 Å². The molecule has 0 aliphatic rings. The van der Waals surface area contributed by atoms with Gasteiger partial charge in [-0.15, -0.1) is 0 Å². The second kappa shape index (κ2) is 10.2. The van der Waals surface area contributed by atoms with Crippen LogP contribution in [0.1, 0.15) is 23.6 Å². The van der Waals surface area contributed by atoms with E-state index in [2.05, 4.69) is 0 Å². The zero-order valence-corrected chi connectivity index (χ0v) is 18.9. The Hall–Kier alpha value is -4.10. The van der Waals surface area contributed by atoms with Crippen molar-refractivity contribution in [3.63, 3.8) is 0 Å². The summed E-state index contributed by atoms with van der Waals surface area (Å²) in [4.78, 5) is 23.8. The van der Waals surface area contributed by atoms with E-state index in [0.29, 0.717) is 30.0 Å². The molecule has 0 saturated carbocycles. The van der Waals surface area contributed by atoms with Crippen LogP contribution >= 0.6 is 0 Å². The van der Waals surface area contributed by atoms with Crippen LogP contribution in [0.2, 0.25) is 0 Å². The van der Waals surface area contributed by atoms with Crippen molar-refractivity contribution in [2.24, 2.45) is 5.73 Å². The number of hydrogen-bond donors (Lipinski definition) is 2. The minimum atomic E-state index is -1.07. The predicted octanol–water partition coefficient (Wildman–Crippen LogP) is 4.98. The molecule has 0 amide bonds. The van der Waals surface area contributed by atoms with Crippen LogP contribution in [0.15, 0.2) is 72.9 Å². The Balaban J connectivity index is 1.67. The second-order valence-corrected chi connectivity index (χ2v) is 7.82. The van der Waals surface area contributed by atoms with Gasteiger partial charge in [0.05, 0.1) is 18.5 Å². The molecule has 0 unspecified atom stereocenters. The van der Waals surface area contributed by atoms with Crippen LogP contribution in [-0.4, -0.2) is 28.3 Å². The van der Waals surface area contributed by atoms with Crippen molar-refractivity contribution in [2.45, 2.75) is 26.5 Å². The number of carbonyl (C=O) groups is 2. The zero-order valence-electron chi connectivity index (χ0n) is 18.9. The molecule has 1 heterocycles. The quantitative estimate of drug-likeness (QED) is 0.361. The van der Waals surface area contributed by atoms with E-state index in [4.69, 9.17) is 15.2 Å². The third-order valence-corrected chi connectivity index (χ3v) is 5.58. The molecular weight excluding hydrogens is 432 g/mol. The zero-order chi connectivity index (χ0) is 24.1. The van der Waals surface area contributed by atoms with Crippen molar-refractivity contribution in [1.29, 1.82) is 0 Å². The van der Waals surface area contributed by atoms with Crippen molar-refractivity contribution in [3.05, 3.63) is 89.6 Å². The average molecular weight is 459 g/mol. The van der Waals surface area contributed by atoms with E-state index >= 15 is 0 Å². The van der Waals surface area contributed by atoms with E-state index in [1.165, 1.54) is 4.57 Å². The lowest BCUT2D eigenvalue weighted by atomic mass is 10.0. The van der Waals surface area contributed by atoms with Gasteiger partial charge >= 0.3 is 12.1 Å². The summed E-state index contributed by atoms with van der Waals surface area (Å²) in [5.74, 6) is 0.226. The highest BCUT2D eigenvalue weighted by atomic mass is 16.5. The van der Waals surface area contributed by atoms with Crippen molar-refractivity contribution in [2.75, 3.05) is 6.61 Å². The molecule has 3 aromatic carbocycles. The van der Waals surface area contributed by atoms with Crippen LogP contribution in [-0.2, 0) is 29.1 Å². The molecule has 1 aromatic heterocycles. The topological polar surface area (TPSA) is 104 Å². The van der Waals surface area contributed by atoms with E-state index in [-0.39, 0.29) is 19.0 Å². The first-order valence-electron chi connectivity index (χ1n) is 11.0. The maximum atomic E-state index is 12.0. The predicted molar refractivity (Wildman–Crippen MR) is 130 cm³/mol. The summed E-state index contributed by atoms with van der Waals surface area (Å²) in [6.45, 7) is 2.66. The summed E-state index contributed by atoms with van der Waals surface area (Å²) >= 11 is 0. The summed E-state index contributed by atoms with van der Waals surface area (Å²) in [6.07, 6.45) is 0.598. The Morgan fingerprint density at radius 3 is 2.53 bits per heavy atom. The highest BCUT2D eigenvalue weighted by Gasteiger charge is 2.16. The first kappa shape index (κ1) is 23.1. The van der Waals surface area contributed by atoms with Crippen LogP contribution in [0.5, 0.6) is 5.75 Å². The van der Waals surface area contributed by atoms with E-state index < -0.39 is 6.09 Å². The lowest BCUT2D eigenvalue weighted by molar-refractivity contribution is -0.142. The van der Waals surface area contributed by atoms with Gasteiger partial charge in [-0.05, 0) is 47.9 Å². The molecule has 0 aliphatic heterocycles. The third-order valence-electron chi connectivity index (χ3n) is 5.58. The minimum absolute atomic E-state index is 0.0997. The van der Waals surface area contributed by atoms with Crippen LogP contribution in [0.25, 0.3) is 22.0 Å². The first-order chi connectivity index (χ1) is 16.5. The number of benzene rings is 3. The van der Waals surface area contributed by atoms with Crippen LogP contribution in [0, 0.1) is 0 Å². The van der Waals surface area contributed by atoms with Gasteiger partial charge in [0.1, 0.15) is 12.4 Å². The van der Waals surface area contributed by atoms with Crippen LogP contribution in [0.4, 0.5) is 4.79 Å². The molecular formula is C27H26N2O5. The van der Waals surface area contributed by atoms with Crippen molar-refractivity contribution in [1.82, 2.24) is 4.57 Å². The number of hydrogen-bond acceptors (Lipinski definition) is 5. The summed E-state index contributed by atoms with van der Waals surface area (Å²) in [7, 11) is 0. The number of para-hydroxylation sites is 1. The largest absolute Gasteiger partial charge is 0.489 e.